The van der Waals surface area contributed by atoms with Crippen molar-refractivity contribution in [1.82, 2.24) is 19.9 Å². The zero-order chi connectivity index (χ0) is 33.5. The van der Waals surface area contributed by atoms with Gasteiger partial charge in [-0.3, -0.25) is 4.79 Å². The van der Waals surface area contributed by atoms with E-state index in [1.54, 1.807) is 38.1 Å². The van der Waals surface area contributed by atoms with E-state index in [0.717, 1.165) is 14.7 Å². The first-order valence-electron chi connectivity index (χ1n) is 13.9. The molecule has 2 aromatic carbocycles. The van der Waals surface area contributed by atoms with E-state index >= 15 is 0 Å². The zero-order valence-electron chi connectivity index (χ0n) is 26.3. The standard InChI is InChI=1S/C25H33N4O9S2.3CH3.Sn/c1-6-23(30)26-29(15-19(4)37-24(31)27-39(33,34)21-11-7-17(2)8-12-21)16-20(5)38-25(32)28-40(35,36)22-13-9-18(3)10-14-22;;;;/h7-9,11-14,19-20H,6,15-16H2,1-5H3,(H,26,30)(H,27,31)(H,28,32);3*1H3;. The van der Waals surface area contributed by atoms with Crippen molar-refractivity contribution in [1.29, 1.82) is 0 Å². The topological polar surface area (TPSA) is 177 Å². The van der Waals surface area contributed by atoms with Gasteiger partial charge in [0, 0.05) is 6.42 Å². The van der Waals surface area contributed by atoms with E-state index < -0.39 is 62.8 Å². The number of nitrogens with one attached hydrogen (secondary N) is 3. The van der Waals surface area contributed by atoms with Crippen molar-refractivity contribution in [2.24, 2.45) is 0 Å². The molecule has 2 atom stereocenters. The SMILES string of the molecule is CCC(=O)NN(CC(C)OC(=O)NS(=O)(=O)c1ccc(C)cc1)CC(C)OC(=O)NS(=O)(=O)c1ccc(C)[c]([Sn]([CH3])([CH3])[CH3])c1. The quantitative estimate of drug-likeness (QED) is 0.203. The molecule has 0 aliphatic heterocycles. The van der Waals surface area contributed by atoms with Gasteiger partial charge in [0.1, 0.15) is 0 Å². The number of rotatable bonds is 13. The molecule has 0 bridgehead atoms. The summed E-state index contributed by atoms with van der Waals surface area (Å²) in [6, 6.07) is 10.6. The van der Waals surface area contributed by atoms with E-state index in [9.17, 15) is 31.2 Å². The second-order valence-corrected chi connectivity index (χ2v) is 29.2. The predicted molar refractivity (Wildman–Crippen MR) is 168 cm³/mol. The normalized spacial score (nSPS) is 13.5. The summed E-state index contributed by atoms with van der Waals surface area (Å²) in [5, 5.41) is 1.33. The first kappa shape index (κ1) is 37.3. The number of benzene rings is 2. The third kappa shape index (κ3) is 11.6. The molecule has 0 radical (unpaired) electrons. The van der Waals surface area contributed by atoms with Gasteiger partial charge in [-0.15, -0.1) is 0 Å². The molecule has 0 aromatic heterocycles. The fraction of sp³-hybridized carbons (Fsp3) is 0.464. The van der Waals surface area contributed by atoms with Crippen molar-refractivity contribution < 1.29 is 40.7 Å². The molecular weight excluding hydrogens is 719 g/mol. The molecule has 3 amide bonds. The summed E-state index contributed by atoms with van der Waals surface area (Å²) in [4.78, 5) is 43.3. The maximum absolute atomic E-state index is 12.9. The zero-order valence-corrected chi connectivity index (χ0v) is 30.7. The molecule has 13 nitrogen and oxygen atoms in total. The van der Waals surface area contributed by atoms with Gasteiger partial charge in [0.25, 0.3) is 10.0 Å². The van der Waals surface area contributed by atoms with Crippen LogP contribution in [0.1, 0.15) is 38.3 Å². The second-order valence-electron chi connectivity index (χ2n) is 11.5. The van der Waals surface area contributed by atoms with Crippen LogP contribution in [0.25, 0.3) is 0 Å². The van der Waals surface area contributed by atoms with Gasteiger partial charge in [-0.25, -0.2) is 17.9 Å². The van der Waals surface area contributed by atoms with Gasteiger partial charge in [0.15, 0.2) is 0 Å². The van der Waals surface area contributed by atoms with Crippen LogP contribution >= 0.6 is 0 Å². The number of hydrazine groups is 1. The van der Waals surface area contributed by atoms with Crippen LogP contribution in [0.15, 0.2) is 52.3 Å². The Morgan fingerprint density at radius 3 is 1.70 bits per heavy atom. The Kier molecular flexibility index (Phi) is 13.1. The summed E-state index contributed by atoms with van der Waals surface area (Å²) in [6.45, 7) is 8.08. The van der Waals surface area contributed by atoms with Crippen molar-refractivity contribution in [3.05, 3.63) is 53.6 Å². The Bertz CT molecular complexity index is 1560. The molecule has 0 aliphatic rings. The van der Waals surface area contributed by atoms with E-state index in [-0.39, 0.29) is 35.2 Å². The number of ether oxygens (including phenoxy) is 2. The van der Waals surface area contributed by atoms with Gasteiger partial charge in [0.2, 0.25) is 0 Å². The molecule has 16 heteroatoms. The first-order valence-corrected chi connectivity index (χ1v) is 26.9. The fourth-order valence-corrected chi connectivity index (χ4v) is 11.5. The van der Waals surface area contributed by atoms with Crippen molar-refractivity contribution in [2.75, 3.05) is 13.1 Å². The summed E-state index contributed by atoms with van der Waals surface area (Å²) in [5.74, 6) is -0.387. The minimum absolute atomic E-state index is 0.0418. The van der Waals surface area contributed by atoms with Gasteiger partial charge in [0.05, 0.1) is 4.90 Å². The molecule has 2 rings (SSSR count). The summed E-state index contributed by atoms with van der Waals surface area (Å²) >= 11 is -2.64. The number of hydrogen-bond donors (Lipinski definition) is 3. The number of carbonyl (C=O) groups is 3. The number of aryl methyl sites for hydroxylation is 2. The molecule has 0 saturated carbocycles. The molecule has 0 spiro atoms. The third-order valence-electron chi connectivity index (χ3n) is 6.27. The molecule has 2 aromatic rings. The Morgan fingerprint density at radius 1 is 0.795 bits per heavy atom. The number of nitrogens with zero attached hydrogens (tertiary/aromatic N) is 1. The van der Waals surface area contributed by atoms with Crippen LogP contribution in [0.3, 0.4) is 0 Å². The van der Waals surface area contributed by atoms with Gasteiger partial charge in [-0.05, 0) is 26.0 Å². The van der Waals surface area contributed by atoms with Gasteiger partial charge in [-0.1, -0.05) is 24.6 Å². The van der Waals surface area contributed by atoms with Crippen molar-refractivity contribution in [2.45, 2.75) is 77.9 Å². The monoisotopic (exact) mass is 762 g/mol. The molecular formula is C28H42N4O9S2Sn. The Labute approximate surface area is 264 Å². The first-order chi connectivity index (χ1) is 20.2. The van der Waals surface area contributed by atoms with Crippen LogP contribution in [-0.2, 0) is 34.3 Å². The molecule has 2 unspecified atom stereocenters. The second kappa shape index (κ2) is 15.4. The summed E-state index contributed by atoms with van der Waals surface area (Å²) in [6.07, 6.45) is -4.16. The van der Waals surface area contributed by atoms with Crippen molar-refractivity contribution in [3.63, 3.8) is 0 Å². The van der Waals surface area contributed by atoms with E-state index in [1.807, 2.05) is 16.4 Å². The minimum atomic E-state index is -4.21. The van der Waals surface area contributed by atoms with E-state index in [2.05, 4.69) is 20.2 Å². The van der Waals surface area contributed by atoms with Crippen LogP contribution < -0.4 is 18.4 Å². The molecule has 44 heavy (non-hydrogen) atoms. The maximum atomic E-state index is 12.9. The van der Waals surface area contributed by atoms with E-state index in [1.165, 1.54) is 37.1 Å². The summed E-state index contributed by atoms with van der Waals surface area (Å²) in [5.41, 5.74) is 4.44. The molecule has 244 valence electrons. The van der Waals surface area contributed by atoms with E-state index in [4.69, 9.17) is 9.47 Å². The van der Waals surface area contributed by atoms with Crippen molar-refractivity contribution >= 4 is 60.1 Å². The number of sulfonamides is 2. The van der Waals surface area contributed by atoms with Crippen LogP contribution in [0.4, 0.5) is 9.59 Å². The van der Waals surface area contributed by atoms with Gasteiger partial charge < -0.3 is 4.74 Å². The van der Waals surface area contributed by atoms with Crippen LogP contribution in [0.5, 0.6) is 0 Å². The van der Waals surface area contributed by atoms with Gasteiger partial charge >= 0.3 is 166 Å². The predicted octanol–water partition coefficient (Wildman–Crippen LogP) is 2.90. The molecule has 0 fully saturated rings. The van der Waals surface area contributed by atoms with Crippen LogP contribution in [0.2, 0.25) is 14.8 Å². The molecule has 3 N–H and O–H groups in total. The number of amides is 3. The third-order valence-corrected chi connectivity index (χ3v) is 15.1. The Morgan fingerprint density at radius 2 is 1.25 bits per heavy atom. The Hall–Kier alpha value is -2.89. The van der Waals surface area contributed by atoms with Crippen molar-refractivity contribution in [3.8, 4) is 0 Å². The van der Waals surface area contributed by atoms with Gasteiger partial charge in [-0.2, -0.15) is 0 Å². The Balaban J connectivity index is 2.03. The molecule has 0 heterocycles. The number of hydrogen-bond acceptors (Lipinski definition) is 10. The fourth-order valence-electron chi connectivity index (χ4n) is 4.16. The average molecular weight is 762 g/mol. The molecule has 0 saturated heterocycles. The average Bonchev–Trinajstić information content (AvgIpc) is 2.87. The molecule has 0 aliphatic carbocycles. The summed E-state index contributed by atoms with van der Waals surface area (Å²) < 4.78 is 66.0. The summed E-state index contributed by atoms with van der Waals surface area (Å²) in [7, 11) is -8.39. The van der Waals surface area contributed by atoms with Crippen LogP contribution in [0, 0.1) is 13.8 Å². The van der Waals surface area contributed by atoms with Crippen LogP contribution in [-0.4, -0.2) is 83.6 Å². The number of carbonyl (C=O) groups excluding carboxylic acids is 3. The van der Waals surface area contributed by atoms with E-state index in [0.29, 0.717) is 0 Å².